The molecular formula is C22H27N5O2S. The van der Waals surface area contributed by atoms with Gasteiger partial charge >= 0.3 is 0 Å². The Balaban J connectivity index is 1.39. The third-order valence-electron chi connectivity index (χ3n) is 5.55. The number of nitrogens with zero attached hydrogens (tertiary/aromatic N) is 3. The van der Waals surface area contributed by atoms with Crippen molar-refractivity contribution >= 4 is 21.4 Å². The van der Waals surface area contributed by atoms with Crippen molar-refractivity contribution in [1.82, 2.24) is 19.5 Å². The van der Waals surface area contributed by atoms with Crippen LogP contribution in [0.5, 0.6) is 0 Å². The van der Waals surface area contributed by atoms with E-state index in [4.69, 9.17) is 0 Å². The molecule has 1 aromatic heterocycles. The molecule has 0 amide bonds. The molecule has 0 bridgehead atoms. The van der Waals surface area contributed by atoms with Gasteiger partial charge in [0.25, 0.3) is 0 Å². The average molecular weight is 426 g/mol. The van der Waals surface area contributed by atoms with Crippen LogP contribution in [-0.4, -0.2) is 41.0 Å². The van der Waals surface area contributed by atoms with E-state index in [0.29, 0.717) is 18.0 Å². The zero-order valence-corrected chi connectivity index (χ0v) is 17.9. The van der Waals surface area contributed by atoms with E-state index in [1.165, 1.54) is 11.9 Å². The minimum atomic E-state index is -3.50. The van der Waals surface area contributed by atoms with Crippen LogP contribution < -0.4 is 5.32 Å². The van der Waals surface area contributed by atoms with Gasteiger partial charge in [-0.15, -0.1) is 0 Å². The number of rotatable bonds is 7. The Morgan fingerprint density at radius 3 is 2.23 bits per heavy atom. The molecule has 8 heteroatoms. The van der Waals surface area contributed by atoms with Crippen molar-refractivity contribution in [1.29, 1.82) is 0 Å². The van der Waals surface area contributed by atoms with Gasteiger partial charge in [0, 0.05) is 30.4 Å². The zero-order chi connectivity index (χ0) is 21.0. The number of H-pyrrole nitrogens is 1. The van der Waals surface area contributed by atoms with Crippen molar-refractivity contribution in [3.8, 4) is 0 Å². The highest BCUT2D eigenvalue weighted by Gasteiger charge is 2.30. The van der Waals surface area contributed by atoms with E-state index in [1.807, 2.05) is 24.3 Å². The fourth-order valence-corrected chi connectivity index (χ4v) is 5.32. The van der Waals surface area contributed by atoms with E-state index < -0.39 is 10.0 Å². The predicted molar refractivity (Wildman–Crippen MR) is 117 cm³/mol. The van der Waals surface area contributed by atoms with Gasteiger partial charge in [-0.05, 0) is 61.2 Å². The van der Waals surface area contributed by atoms with Gasteiger partial charge in [-0.2, -0.15) is 9.40 Å². The quantitative estimate of drug-likeness (QED) is 0.595. The Bertz CT molecular complexity index is 1040. The SMILES string of the molecule is CCCc1ccc(Nc2ccc(S(=O)(=O)N3CCC(c4ncn[nH]4)CC3)cc2)cc1. The van der Waals surface area contributed by atoms with Crippen LogP contribution in [-0.2, 0) is 16.4 Å². The normalized spacial score (nSPS) is 15.9. The zero-order valence-electron chi connectivity index (χ0n) is 17.1. The number of aromatic amines is 1. The maximum absolute atomic E-state index is 13.0. The molecule has 1 saturated heterocycles. The van der Waals surface area contributed by atoms with Crippen LogP contribution in [0.15, 0.2) is 59.8 Å². The molecule has 1 aliphatic heterocycles. The Labute approximate surface area is 177 Å². The van der Waals surface area contributed by atoms with Gasteiger partial charge < -0.3 is 5.32 Å². The van der Waals surface area contributed by atoms with E-state index in [1.54, 1.807) is 16.4 Å². The smallest absolute Gasteiger partial charge is 0.243 e. The van der Waals surface area contributed by atoms with Crippen molar-refractivity contribution < 1.29 is 8.42 Å². The number of benzene rings is 2. The number of aryl methyl sites for hydroxylation is 1. The maximum Gasteiger partial charge on any atom is 0.243 e. The Hall–Kier alpha value is -2.71. The topological polar surface area (TPSA) is 91.0 Å². The van der Waals surface area contributed by atoms with Crippen LogP contribution in [0.1, 0.15) is 43.5 Å². The highest BCUT2D eigenvalue weighted by molar-refractivity contribution is 7.89. The molecule has 7 nitrogen and oxygen atoms in total. The summed E-state index contributed by atoms with van der Waals surface area (Å²) in [7, 11) is -3.50. The summed E-state index contributed by atoms with van der Waals surface area (Å²) in [6.45, 7) is 3.14. The van der Waals surface area contributed by atoms with E-state index >= 15 is 0 Å². The maximum atomic E-state index is 13.0. The number of aromatic nitrogens is 3. The lowest BCUT2D eigenvalue weighted by Gasteiger charge is -2.30. The summed E-state index contributed by atoms with van der Waals surface area (Å²) in [6, 6.07) is 15.3. The molecule has 1 fully saturated rings. The molecule has 0 saturated carbocycles. The van der Waals surface area contributed by atoms with E-state index in [0.717, 1.165) is 42.9 Å². The van der Waals surface area contributed by atoms with Gasteiger partial charge in [0.05, 0.1) is 4.90 Å². The molecule has 2 N–H and O–H groups in total. The molecular weight excluding hydrogens is 398 g/mol. The minimum absolute atomic E-state index is 0.231. The molecule has 2 aromatic carbocycles. The first-order valence-electron chi connectivity index (χ1n) is 10.4. The lowest BCUT2D eigenvalue weighted by molar-refractivity contribution is 0.314. The van der Waals surface area contributed by atoms with Crippen molar-refractivity contribution in [2.75, 3.05) is 18.4 Å². The lowest BCUT2D eigenvalue weighted by Crippen LogP contribution is -2.38. The number of nitrogens with one attached hydrogen (secondary N) is 2. The number of hydrogen-bond acceptors (Lipinski definition) is 5. The Kier molecular flexibility index (Phi) is 6.15. The van der Waals surface area contributed by atoms with E-state index in [-0.39, 0.29) is 5.92 Å². The molecule has 0 radical (unpaired) electrons. The Morgan fingerprint density at radius 2 is 1.67 bits per heavy atom. The second-order valence-electron chi connectivity index (χ2n) is 7.65. The highest BCUT2D eigenvalue weighted by Crippen LogP contribution is 2.29. The van der Waals surface area contributed by atoms with Crippen molar-refractivity contribution in [3.05, 3.63) is 66.2 Å². The molecule has 158 valence electrons. The summed E-state index contributed by atoms with van der Waals surface area (Å²) in [6.07, 6.45) is 5.17. The van der Waals surface area contributed by atoms with Crippen LogP contribution in [0.3, 0.4) is 0 Å². The summed E-state index contributed by atoms with van der Waals surface area (Å²) in [5.74, 6) is 1.07. The molecule has 0 atom stereocenters. The number of sulfonamides is 1. The van der Waals surface area contributed by atoms with Crippen molar-refractivity contribution in [2.24, 2.45) is 0 Å². The molecule has 30 heavy (non-hydrogen) atoms. The van der Waals surface area contributed by atoms with Crippen LogP contribution in [0.25, 0.3) is 0 Å². The van der Waals surface area contributed by atoms with Crippen LogP contribution in [0.4, 0.5) is 11.4 Å². The molecule has 2 heterocycles. The third kappa shape index (κ3) is 4.55. The summed E-state index contributed by atoms with van der Waals surface area (Å²) in [4.78, 5) is 4.53. The summed E-state index contributed by atoms with van der Waals surface area (Å²) in [5, 5.41) is 10.1. The largest absolute Gasteiger partial charge is 0.356 e. The monoisotopic (exact) mass is 425 g/mol. The van der Waals surface area contributed by atoms with Crippen molar-refractivity contribution in [3.63, 3.8) is 0 Å². The molecule has 0 aliphatic carbocycles. The lowest BCUT2D eigenvalue weighted by atomic mass is 9.98. The first-order chi connectivity index (χ1) is 14.6. The summed E-state index contributed by atoms with van der Waals surface area (Å²) < 4.78 is 27.6. The van der Waals surface area contributed by atoms with Gasteiger partial charge in [0.2, 0.25) is 10.0 Å². The molecule has 0 spiro atoms. The second kappa shape index (κ2) is 8.97. The molecule has 1 aliphatic rings. The van der Waals surface area contributed by atoms with Crippen LogP contribution in [0, 0.1) is 0 Å². The molecule has 3 aromatic rings. The number of anilines is 2. The average Bonchev–Trinajstić information content (AvgIpc) is 3.31. The van der Waals surface area contributed by atoms with Crippen LogP contribution >= 0.6 is 0 Å². The molecule has 4 rings (SSSR count). The third-order valence-corrected chi connectivity index (χ3v) is 7.46. The fraction of sp³-hybridized carbons (Fsp3) is 0.364. The first kappa shape index (κ1) is 20.6. The first-order valence-corrected chi connectivity index (χ1v) is 11.8. The fourth-order valence-electron chi connectivity index (χ4n) is 3.85. The summed E-state index contributed by atoms with van der Waals surface area (Å²) in [5.41, 5.74) is 3.16. The number of piperidine rings is 1. The summed E-state index contributed by atoms with van der Waals surface area (Å²) >= 11 is 0. The van der Waals surface area contributed by atoms with Gasteiger partial charge in [0.15, 0.2) is 0 Å². The highest BCUT2D eigenvalue weighted by atomic mass is 32.2. The Morgan fingerprint density at radius 1 is 1.03 bits per heavy atom. The van der Waals surface area contributed by atoms with Crippen LogP contribution in [0.2, 0.25) is 0 Å². The van der Waals surface area contributed by atoms with E-state index in [9.17, 15) is 8.42 Å². The van der Waals surface area contributed by atoms with E-state index in [2.05, 4.69) is 39.6 Å². The predicted octanol–water partition coefficient (Wildman–Crippen LogP) is 4.07. The van der Waals surface area contributed by atoms with Gasteiger partial charge in [-0.1, -0.05) is 25.5 Å². The minimum Gasteiger partial charge on any atom is -0.356 e. The second-order valence-corrected chi connectivity index (χ2v) is 9.58. The van der Waals surface area contributed by atoms with Gasteiger partial charge in [-0.25, -0.2) is 13.4 Å². The van der Waals surface area contributed by atoms with Crippen molar-refractivity contribution in [2.45, 2.75) is 43.4 Å². The van der Waals surface area contributed by atoms with Gasteiger partial charge in [-0.3, -0.25) is 5.10 Å². The standard InChI is InChI=1S/C22H27N5O2S/c1-2-3-17-4-6-19(7-5-17)25-20-8-10-21(11-9-20)30(28,29)27-14-12-18(13-15-27)22-23-16-24-26-22/h4-11,16,18,25H,2-3,12-15H2,1H3,(H,23,24,26). The number of hydrogen-bond donors (Lipinski definition) is 2. The molecule has 0 unspecified atom stereocenters. The van der Waals surface area contributed by atoms with Gasteiger partial charge in [0.1, 0.15) is 12.2 Å².